The van der Waals surface area contributed by atoms with Gasteiger partial charge in [0.2, 0.25) is 11.8 Å². The number of nitrogens with zero attached hydrogens (tertiary/aromatic N) is 1. The Morgan fingerprint density at radius 2 is 1.88 bits per heavy atom. The highest BCUT2D eigenvalue weighted by atomic mass is 16.5. The third-order valence-electron chi connectivity index (χ3n) is 4.33. The fourth-order valence-electron chi connectivity index (χ4n) is 3.08. The molecule has 1 N–H and O–H groups in total. The molecule has 0 fully saturated rings. The van der Waals surface area contributed by atoms with E-state index in [1.165, 1.54) is 12.5 Å². The van der Waals surface area contributed by atoms with Gasteiger partial charge in [0.15, 0.2) is 0 Å². The summed E-state index contributed by atoms with van der Waals surface area (Å²) in [7, 11) is 0. The Balaban J connectivity index is 2.26. The normalized spacial score (nSPS) is 22.0. The van der Waals surface area contributed by atoms with Gasteiger partial charge in [0, 0.05) is 6.92 Å². The van der Waals surface area contributed by atoms with Crippen molar-refractivity contribution in [2.75, 3.05) is 0 Å². The van der Waals surface area contributed by atoms with Gasteiger partial charge in [-0.3, -0.25) is 4.79 Å². The van der Waals surface area contributed by atoms with Gasteiger partial charge >= 0.3 is 0 Å². The van der Waals surface area contributed by atoms with Gasteiger partial charge in [0.25, 0.3) is 0 Å². The molecule has 1 aromatic carbocycles. The second kappa shape index (κ2) is 7.37. The third-order valence-corrected chi connectivity index (χ3v) is 4.33. The summed E-state index contributed by atoms with van der Waals surface area (Å²) in [5, 5.41) is 3.01. The van der Waals surface area contributed by atoms with E-state index in [0.29, 0.717) is 11.8 Å². The van der Waals surface area contributed by atoms with E-state index in [1.54, 1.807) is 0 Å². The number of carbonyl (C=O) groups is 1. The molecule has 0 saturated heterocycles. The quantitative estimate of drug-likeness (QED) is 0.897. The van der Waals surface area contributed by atoms with Crippen molar-refractivity contribution >= 4 is 11.8 Å². The Kier molecular flexibility index (Phi) is 5.68. The number of benzene rings is 1. The number of hydrogen-bond acceptors (Lipinski definition) is 3. The number of hydrogen-bond donors (Lipinski definition) is 1. The van der Waals surface area contributed by atoms with Crippen molar-refractivity contribution in [1.82, 2.24) is 5.32 Å². The highest BCUT2D eigenvalue weighted by Gasteiger charge is 2.40. The Bertz CT molecular complexity index is 587. The van der Waals surface area contributed by atoms with Gasteiger partial charge in [0.1, 0.15) is 12.1 Å². The topological polar surface area (TPSA) is 50.7 Å². The van der Waals surface area contributed by atoms with E-state index in [4.69, 9.17) is 9.73 Å². The number of aliphatic imine (C=N–C) groups is 1. The first kappa shape index (κ1) is 18.5. The van der Waals surface area contributed by atoms with Gasteiger partial charge in [0.05, 0.1) is 6.04 Å². The summed E-state index contributed by atoms with van der Waals surface area (Å²) in [6.07, 6.45) is 0.892. The first-order chi connectivity index (χ1) is 11.2. The zero-order chi connectivity index (χ0) is 17.9. The number of ether oxygens (including phenoxy) is 1. The Morgan fingerprint density at radius 3 is 2.38 bits per heavy atom. The predicted molar refractivity (Wildman–Crippen MR) is 98.1 cm³/mol. The summed E-state index contributed by atoms with van der Waals surface area (Å²) in [5.41, 5.74) is 1.10. The number of rotatable bonds is 5. The lowest BCUT2D eigenvalue weighted by Gasteiger charge is -2.31. The van der Waals surface area contributed by atoms with Crippen LogP contribution in [0.4, 0.5) is 0 Å². The Labute approximate surface area is 145 Å². The molecular formula is C20H30N2O2. The van der Waals surface area contributed by atoms with Crippen molar-refractivity contribution in [3.63, 3.8) is 0 Å². The van der Waals surface area contributed by atoms with Crippen LogP contribution in [0.3, 0.4) is 0 Å². The van der Waals surface area contributed by atoms with Crippen LogP contribution in [0.1, 0.15) is 47.1 Å². The predicted octanol–water partition coefficient (Wildman–Crippen LogP) is 3.60. The summed E-state index contributed by atoms with van der Waals surface area (Å²) >= 11 is 0. The average Bonchev–Trinajstić information content (AvgIpc) is 2.88. The van der Waals surface area contributed by atoms with Crippen LogP contribution in [-0.2, 0) is 16.0 Å². The van der Waals surface area contributed by atoms with Crippen LogP contribution in [0, 0.1) is 11.3 Å². The lowest BCUT2D eigenvalue weighted by Crippen LogP contribution is -2.49. The van der Waals surface area contributed by atoms with Gasteiger partial charge in [-0.25, -0.2) is 4.99 Å². The van der Waals surface area contributed by atoms with Crippen LogP contribution in [0.15, 0.2) is 35.3 Å². The number of amides is 1. The van der Waals surface area contributed by atoms with Crippen LogP contribution in [0.5, 0.6) is 0 Å². The molecule has 0 bridgehead atoms. The zero-order valence-electron chi connectivity index (χ0n) is 15.7. The molecule has 4 heteroatoms. The van der Waals surface area contributed by atoms with Crippen LogP contribution >= 0.6 is 0 Å². The van der Waals surface area contributed by atoms with Crippen molar-refractivity contribution in [3.05, 3.63) is 35.9 Å². The first-order valence-electron chi connectivity index (χ1n) is 8.74. The van der Waals surface area contributed by atoms with Gasteiger partial charge in [-0.1, -0.05) is 65.0 Å². The highest BCUT2D eigenvalue weighted by Crippen LogP contribution is 2.30. The van der Waals surface area contributed by atoms with Gasteiger partial charge < -0.3 is 10.1 Å². The molecule has 0 saturated carbocycles. The standard InChI is InChI=1S/C20H30N2O2/c1-13(2)17-16(12-15-10-8-7-9-11-15)22-19(24-17)18(20(4,5)6)21-14(3)23/h7-11,13,16-18H,12H2,1-6H3,(H,21,23)/t16-,17-,18?/m0/s1. The van der Waals surface area contributed by atoms with Crippen LogP contribution in [0.25, 0.3) is 0 Å². The second-order valence-electron chi connectivity index (χ2n) is 8.05. The first-order valence-corrected chi connectivity index (χ1v) is 8.74. The van der Waals surface area contributed by atoms with E-state index >= 15 is 0 Å². The third kappa shape index (κ3) is 4.59. The monoisotopic (exact) mass is 330 g/mol. The van der Waals surface area contributed by atoms with Gasteiger partial charge in [-0.05, 0) is 23.3 Å². The maximum absolute atomic E-state index is 11.6. The number of nitrogens with one attached hydrogen (secondary N) is 1. The molecule has 2 rings (SSSR count). The van der Waals surface area contributed by atoms with Crippen molar-refractivity contribution in [1.29, 1.82) is 0 Å². The summed E-state index contributed by atoms with van der Waals surface area (Å²) in [5.74, 6) is 0.962. The zero-order valence-corrected chi connectivity index (χ0v) is 15.7. The van der Waals surface area contributed by atoms with Gasteiger partial charge in [-0.2, -0.15) is 0 Å². The fourth-order valence-corrected chi connectivity index (χ4v) is 3.08. The molecule has 1 heterocycles. The summed E-state index contributed by atoms with van der Waals surface area (Å²) in [6.45, 7) is 12.1. The minimum Gasteiger partial charge on any atom is -0.474 e. The summed E-state index contributed by atoms with van der Waals surface area (Å²) < 4.78 is 6.23. The van der Waals surface area contributed by atoms with Crippen molar-refractivity contribution < 1.29 is 9.53 Å². The van der Waals surface area contributed by atoms with Crippen LogP contribution < -0.4 is 5.32 Å². The molecule has 24 heavy (non-hydrogen) atoms. The summed E-state index contributed by atoms with van der Waals surface area (Å²) in [4.78, 5) is 16.5. The van der Waals surface area contributed by atoms with Crippen molar-refractivity contribution in [3.8, 4) is 0 Å². The molecule has 1 amide bonds. The minimum atomic E-state index is -0.211. The highest BCUT2D eigenvalue weighted by molar-refractivity contribution is 5.88. The van der Waals surface area contributed by atoms with E-state index < -0.39 is 0 Å². The molecule has 3 atom stereocenters. The molecule has 0 aromatic heterocycles. The number of carbonyl (C=O) groups excluding carboxylic acids is 1. The van der Waals surface area contributed by atoms with Crippen molar-refractivity contribution in [2.45, 2.75) is 66.2 Å². The molecule has 1 unspecified atom stereocenters. The molecule has 0 spiro atoms. The molecule has 1 aliphatic heterocycles. The largest absolute Gasteiger partial charge is 0.474 e. The van der Waals surface area contributed by atoms with Crippen LogP contribution in [0.2, 0.25) is 0 Å². The second-order valence-corrected chi connectivity index (χ2v) is 8.05. The van der Waals surface area contributed by atoms with E-state index in [0.717, 1.165) is 6.42 Å². The smallest absolute Gasteiger partial charge is 0.217 e. The summed E-state index contributed by atoms with van der Waals surface area (Å²) in [6, 6.07) is 10.2. The Morgan fingerprint density at radius 1 is 1.25 bits per heavy atom. The Hall–Kier alpha value is -1.84. The molecule has 132 valence electrons. The molecule has 1 aliphatic rings. The molecular weight excluding hydrogens is 300 g/mol. The van der Waals surface area contributed by atoms with E-state index in [1.807, 2.05) is 6.07 Å². The molecule has 0 aliphatic carbocycles. The van der Waals surface area contributed by atoms with Crippen LogP contribution in [-0.4, -0.2) is 30.0 Å². The van der Waals surface area contributed by atoms with Crippen molar-refractivity contribution in [2.24, 2.45) is 16.3 Å². The maximum atomic E-state index is 11.6. The van der Waals surface area contributed by atoms with E-state index in [2.05, 4.69) is 64.2 Å². The molecule has 0 radical (unpaired) electrons. The fraction of sp³-hybridized carbons (Fsp3) is 0.600. The van der Waals surface area contributed by atoms with E-state index in [-0.39, 0.29) is 29.5 Å². The minimum absolute atomic E-state index is 0.0406. The maximum Gasteiger partial charge on any atom is 0.217 e. The molecule has 4 nitrogen and oxygen atoms in total. The lowest BCUT2D eigenvalue weighted by atomic mass is 9.86. The van der Waals surface area contributed by atoms with Gasteiger partial charge in [-0.15, -0.1) is 0 Å². The van der Waals surface area contributed by atoms with E-state index in [9.17, 15) is 4.79 Å². The average molecular weight is 330 g/mol. The molecule has 1 aromatic rings. The lowest BCUT2D eigenvalue weighted by molar-refractivity contribution is -0.120. The SMILES string of the molecule is CC(=O)NC(C1=N[C@@H](Cc2ccccc2)[C@H](C(C)C)O1)C(C)(C)C.